The van der Waals surface area contributed by atoms with Crippen molar-refractivity contribution in [3.63, 3.8) is 0 Å². The predicted octanol–water partition coefficient (Wildman–Crippen LogP) is 2.57. The van der Waals surface area contributed by atoms with Crippen molar-refractivity contribution in [3.8, 4) is 11.6 Å². The van der Waals surface area contributed by atoms with Crippen LogP contribution in [-0.4, -0.2) is 47.1 Å². The molecule has 0 spiro atoms. The third kappa shape index (κ3) is 4.79. The number of ether oxygens (including phenoxy) is 2. The number of likely N-dealkylation sites (tertiary alicyclic amines) is 1. The van der Waals surface area contributed by atoms with Crippen molar-refractivity contribution in [1.82, 2.24) is 14.9 Å². The minimum absolute atomic E-state index is 0.00759. The van der Waals surface area contributed by atoms with Crippen molar-refractivity contribution in [2.75, 3.05) is 20.2 Å². The quantitative estimate of drug-likeness (QED) is 0.784. The topological polar surface area (TPSA) is 64.5 Å². The van der Waals surface area contributed by atoms with Gasteiger partial charge in [-0.1, -0.05) is 12.1 Å². The molecule has 0 N–H and O–H groups in total. The number of benzene rings is 1. The molecule has 0 bridgehead atoms. The summed E-state index contributed by atoms with van der Waals surface area (Å²) in [6.45, 7) is 1.31. The van der Waals surface area contributed by atoms with Gasteiger partial charge in [0.15, 0.2) is 0 Å². The van der Waals surface area contributed by atoms with Gasteiger partial charge >= 0.3 is 0 Å². The maximum Gasteiger partial charge on any atom is 0.246 e. The molecule has 130 valence electrons. The Morgan fingerprint density at radius 2 is 2.12 bits per heavy atom. The summed E-state index contributed by atoms with van der Waals surface area (Å²) in [5.41, 5.74) is 0.958. The number of rotatable bonds is 5. The van der Waals surface area contributed by atoms with E-state index in [9.17, 15) is 4.79 Å². The zero-order valence-electron chi connectivity index (χ0n) is 14.2. The second-order valence-electron chi connectivity index (χ2n) is 5.82. The fourth-order valence-electron chi connectivity index (χ4n) is 2.74. The monoisotopic (exact) mass is 339 g/mol. The molecular weight excluding hydrogens is 318 g/mol. The number of amides is 1. The molecule has 6 heteroatoms. The van der Waals surface area contributed by atoms with Crippen LogP contribution in [0.25, 0.3) is 6.08 Å². The standard InChI is InChI=1S/C19H21N3O3/c1-24-16-7-4-15(5-8-16)6-9-19(23)22-12-2-3-17(13-22)25-18-10-11-20-14-21-18/h4-11,14,17H,2-3,12-13H2,1H3. The Morgan fingerprint density at radius 1 is 1.28 bits per heavy atom. The highest BCUT2D eigenvalue weighted by molar-refractivity contribution is 5.91. The van der Waals surface area contributed by atoms with Crippen LogP contribution in [0.4, 0.5) is 0 Å². The Labute approximate surface area is 147 Å². The minimum Gasteiger partial charge on any atom is -0.497 e. The van der Waals surface area contributed by atoms with E-state index in [0.29, 0.717) is 12.4 Å². The maximum absolute atomic E-state index is 12.4. The molecule has 1 aromatic carbocycles. The lowest BCUT2D eigenvalue weighted by Gasteiger charge is -2.31. The van der Waals surface area contributed by atoms with Gasteiger partial charge in [0.1, 0.15) is 18.2 Å². The summed E-state index contributed by atoms with van der Waals surface area (Å²) in [4.78, 5) is 22.2. The van der Waals surface area contributed by atoms with Crippen molar-refractivity contribution < 1.29 is 14.3 Å². The summed E-state index contributed by atoms with van der Waals surface area (Å²) in [6.07, 6.45) is 8.31. The normalized spacial score (nSPS) is 17.5. The Morgan fingerprint density at radius 3 is 2.84 bits per heavy atom. The number of aromatic nitrogens is 2. The summed E-state index contributed by atoms with van der Waals surface area (Å²) < 4.78 is 11.0. The lowest BCUT2D eigenvalue weighted by molar-refractivity contribution is -0.128. The van der Waals surface area contributed by atoms with Crippen LogP contribution in [0.2, 0.25) is 0 Å². The fraction of sp³-hybridized carbons (Fsp3) is 0.316. The van der Waals surface area contributed by atoms with Gasteiger partial charge in [-0.05, 0) is 36.6 Å². The van der Waals surface area contributed by atoms with Gasteiger partial charge in [0.25, 0.3) is 0 Å². The first-order valence-electron chi connectivity index (χ1n) is 8.28. The smallest absolute Gasteiger partial charge is 0.246 e. The lowest BCUT2D eigenvalue weighted by Crippen LogP contribution is -2.43. The van der Waals surface area contributed by atoms with E-state index in [2.05, 4.69) is 9.97 Å². The molecule has 6 nitrogen and oxygen atoms in total. The van der Waals surface area contributed by atoms with Gasteiger partial charge in [-0.15, -0.1) is 0 Å². The summed E-state index contributed by atoms with van der Waals surface area (Å²) in [6, 6.07) is 9.30. The van der Waals surface area contributed by atoms with E-state index in [1.165, 1.54) is 6.33 Å². The Bertz CT molecular complexity index is 716. The minimum atomic E-state index is -0.0398. The summed E-state index contributed by atoms with van der Waals surface area (Å²) in [5, 5.41) is 0. The molecule has 1 amide bonds. The molecule has 0 aliphatic carbocycles. The van der Waals surface area contributed by atoms with Crippen molar-refractivity contribution in [3.05, 3.63) is 54.5 Å². The summed E-state index contributed by atoms with van der Waals surface area (Å²) >= 11 is 0. The van der Waals surface area contributed by atoms with Crippen LogP contribution in [0.3, 0.4) is 0 Å². The van der Waals surface area contributed by atoms with Crippen molar-refractivity contribution in [2.24, 2.45) is 0 Å². The lowest BCUT2D eigenvalue weighted by atomic mass is 10.1. The van der Waals surface area contributed by atoms with Gasteiger partial charge in [-0.2, -0.15) is 0 Å². The van der Waals surface area contributed by atoms with Gasteiger partial charge in [0, 0.05) is 24.9 Å². The molecule has 1 fully saturated rings. The molecule has 1 aromatic heterocycles. The highest BCUT2D eigenvalue weighted by Gasteiger charge is 2.23. The fourth-order valence-corrected chi connectivity index (χ4v) is 2.74. The molecule has 3 rings (SSSR count). The highest BCUT2D eigenvalue weighted by Crippen LogP contribution is 2.17. The van der Waals surface area contributed by atoms with Crippen LogP contribution in [0.15, 0.2) is 48.9 Å². The number of nitrogens with zero attached hydrogens (tertiary/aromatic N) is 3. The molecule has 0 saturated carbocycles. The van der Waals surface area contributed by atoms with Crippen LogP contribution >= 0.6 is 0 Å². The van der Waals surface area contributed by atoms with Crippen molar-refractivity contribution in [1.29, 1.82) is 0 Å². The second kappa shape index (κ2) is 8.28. The predicted molar refractivity (Wildman–Crippen MR) is 94.3 cm³/mol. The summed E-state index contributed by atoms with van der Waals surface area (Å²) in [5.74, 6) is 1.33. The van der Waals surface area contributed by atoms with Gasteiger partial charge in [-0.25, -0.2) is 9.97 Å². The Balaban J connectivity index is 1.56. The highest BCUT2D eigenvalue weighted by atomic mass is 16.5. The first-order valence-corrected chi connectivity index (χ1v) is 8.28. The average Bonchev–Trinajstić information content (AvgIpc) is 2.67. The van der Waals surface area contributed by atoms with Crippen LogP contribution < -0.4 is 9.47 Å². The second-order valence-corrected chi connectivity index (χ2v) is 5.82. The van der Waals surface area contributed by atoms with Crippen LogP contribution in [0, 0.1) is 0 Å². The molecule has 25 heavy (non-hydrogen) atoms. The first kappa shape index (κ1) is 17.0. The number of hydrogen-bond acceptors (Lipinski definition) is 5. The van der Waals surface area contributed by atoms with Crippen LogP contribution in [0.5, 0.6) is 11.6 Å². The van der Waals surface area contributed by atoms with E-state index in [1.54, 1.807) is 25.4 Å². The molecule has 1 unspecified atom stereocenters. The third-order valence-electron chi connectivity index (χ3n) is 4.07. The van der Waals surface area contributed by atoms with Gasteiger partial charge in [0.05, 0.1) is 13.7 Å². The molecular formula is C19H21N3O3. The van der Waals surface area contributed by atoms with Gasteiger partial charge in [-0.3, -0.25) is 4.79 Å². The van der Waals surface area contributed by atoms with E-state index < -0.39 is 0 Å². The molecule has 2 aromatic rings. The Hall–Kier alpha value is -2.89. The average molecular weight is 339 g/mol. The molecule has 1 atom stereocenters. The molecule has 1 aliphatic rings. The van der Waals surface area contributed by atoms with E-state index in [-0.39, 0.29) is 12.0 Å². The maximum atomic E-state index is 12.4. The van der Waals surface area contributed by atoms with E-state index in [0.717, 1.165) is 30.7 Å². The number of methoxy groups -OCH3 is 1. The third-order valence-corrected chi connectivity index (χ3v) is 4.07. The van der Waals surface area contributed by atoms with E-state index in [4.69, 9.17) is 9.47 Å². The van der Waals surface area contributed by atoms with E-state index >= 15 is 0 Å². The zero-order chi connectivity index (χ0) is 17.5. The van der Waals surface area contributed by atoms with Gasteiger partial charge in [0.2, 0.25) is 11.8 Å². The van der Waals surface area contributed by atoms with Gasteiger partial charge < -0.3 is 14.4 Å². The SMILES string of the molecule is COc1ccc(C=CC(=O)N2CCCC(Oc3ccncn3)C2)cc1. The first-order chi connectivity index (χ1) is 12.2. The van der Waals surface area contributed by atoms with Crippen molar-refractivity contribution in [2.45, 2.75) is 18.9 Å². The summed E-state index contributed by atoms with van der Waals surface area (Å²) in [7, 11) is 1.63. The molecule has 2 heterocycles. The largest absolute Gasteiger partial charge is 0.497 e. The van der Waals surface area contributed by atoms with Crippen LogP contribution in [-0.2, 0) is 4.79 Å². The molecule has 0 radical (unpaired) electrons. The van der Waals surface area contributed by atoms with Crippen molar-refractivity contribution >= 4 is 12.0 Å². The van der Waals surface area contributed by atoms with Crippen LogP contribution in [0.1, 0.15) is 18.4 Å². The zero-order valence-corrected chi connectivity index (χ0v) is 14.2. The number of carbonyl (C=O) groups excluding carboxylic acids is 1. The number of carbonyl (C=O) groups is 1. The number of piperidine rings is 1. The molecule has 1 saturated heterocycles. The number of hydrogen-bond donors (Lipinski definition) is 0. The Kier molecular flexibility index (Phi) is 5.61. The van der Waals surface area contributed by atoms with E-state index in [1.807, 2.05) is 35.2 Å². The molecule has 1 aliphatic heterocycles.